The molecule has 22 heavy (non-hydrogen) atoms. The Hall–Kier alpha value is -1.85. The fraction of sp³-hybridized carbons (Fsp3) is 0.688. The van der Waals surface area contributed by atoms with E-state index in [1.54, 1.807) is 4.90 Å². The number of nitrogens with one attached hydrogen (secondary N) is 1. The predicted molar refractivity (Wildman–Crippen MR) is 85.9 cm³/mol. The molecule has 2 rings (SSSR count). The Balaban J connectivity index is 1.89. The molecule has 0 saturated carbocycles. The average molecular weight is 306 g/mol. The second-order valence-electron chi connectivity index (χ2n) is 6.62. The SMILES string of the molecule is CCc1cnc(NC[C@@H]2CCCN2C(=O)OC(C)(C)C)nc1. The largest absolute Gasteiger partial charge is 0.444 e. The van der Waals surface area contributed by atoms with E-state index < -0.39 is 5.60 Å². The van der Waals surface area contributed by atoms with Gasteiger partial charge in [-0.25, -0.2) is 14.8 Å². The Labute approximate surface area is 132 Å². The van der Waals surface area contributed by atoms with E-state index >= 15 is 0 Å². The third-order valence-corrected chi connectivity index (χ3v) is 3.61. The maximum atomic E-state index is 12.2. The molecule has 0 bridgehead atoms. The molecule has 1 atom stereocenters. The van der Waals surface area contributed by atoms with E-state index in [1.165, 1.54) is 0 Å². The summed E-state index contributed by atoms with van der Waals surface area (Å²) in [4.78, 5) is 22.6. The molecular weight excluding hydrogens is 280 g/mol. The molecule has 1 aliphatic heterocycles. The number of hydrogen-bond acceptors (Lipinski definition) is 5. The van der Waals surface area contributed by atoms with Gasteiger partial charge in [-0.1, -0.05) is 6.92 Å². The summed E-state index contributed by atoms with van der Waals surface area (Å²) in [5.41, 5.74) is 0.651. The van der Waals surface area contributed by atoms with Crippen LogP contribution in [0.2, 0.25) is 0 Å². The van der Waals surface area contributed by atoms with Gasteiger partial charge in [0, 0.05) is 25.5 Å². The number of nitrogens with zero attached hydrogens (tertiary/aromatic N) is 3. The van der Waals surface area contributed by atoms with Crippen molar-refractivity contribution in [3.8, 4) is 0 Å². The zero-order valence-electron chi connectivity index (χ0n) is 13.9. The number of amides is 1. The van der Waals surface area contributed by atoms with Crippen LogP contribution in [0, 0.1) is 0 Å². The molecule has 6 nitrogen and oxygen atoms in total. The first-order valence-electron chi connectivity index (χ1n) is 7.93. The molecule has 1 fully saturated rings. The van der Waals surface area contributed by atoms with Crippen LogP contribution in [0.4, 0.5) is 10.7 Å². The molecule has 2 heterocycles. The number of rotatable bonds is 4. The lowest BCUT2D eigenvalue weighted by Crippen LogP contribution is -2.42. The van der Waals surface area contributed by atoms with E-state index in [0.717, 1.165) is 31.4 Å². The van der Waals surface area contributed by atoms with E-state index in [4.69, 9.17) is 4.74 Å². The molecule has 0 spiro atoms. The first-order chi connectivity index (χ1) is 10.4. The Morgan fingerprint density at radius 3 is 2.68 bits per heavy atom. The van der Waals surface area contributed by atoms with Gasteiger partial charge < -0.3 is 15.0 Å². The number of hydrogen-bond donors (Lipinski definition) is 1. The Morgan fingerprint density at radius 2 is 2.09 bits per heavy atom. The number of aryl methyl sites for hydroxylation is 1. The van der Waals surface area contributed by atoms with Gasteiger partial charge in [-0.05, 0) is 45.6 Å². The van der Waals surface area contributed by atoms with Gasteiger partial charge in [0.2, 0.25) is 5.95 Å². The van der Waals surface area contributed by atoms with Gasteiger partial charge in [-0.15, -0.1) is 0 Å². The van der Waals surface area contributed by atoms with E-state index in [2.05, 4.69) is 22.2 Å². The Kier molecular flexibility index (Phi) is 5.21. The van der Waals surface area contributed by atoms with Crippen molar-refractivity contribution >= 4 is 12.0 Å². The molecule has 1 aromatic rings. The molecule has 122 valence electrons. The second kappa shape index (κ2) is 6.94. The van der Waals surface area contributed by atoms with E-state index in [-0.39, 0.29) is 12.1 Å². The highest BCUT2D eigenvalue weighted by Crippen LogP contribution is 2.21. The maximum Gasteiger partial charge on any atom is 0.410 e. The summed E-state index contributed by atoms with van der Waals surface area (Å²) in [6, 6.07) is 0.129. The molecule has 1 aromatic heterocycles. The smallest absolute Gasteiger partial charge is 0.410 e. The van der Waals surface area contributed by atoms with Gasteiger partial charge in [-0.2, -0.15) is 0 Å². The summed E-state index contributed by atoms with van der Waals surface area (Å²) < 4.78 is 5.46. The van der Waals surface area contributed by atoms with Crippen LogP contribution in [0.15, 0.2) is 12.4 Å². The van der Waals surface area contributed by atoms with Crippen molar-refractivity contribution in [3.05, 3.63) is 18.0 Å². The number of carbonyl (C=O) groups is 1. The van der Waals surface area contributed by atoms with Crippen LogP contribution in [0.25, 0.3) is 0 Å². The zero-order chi connectivity index (χ0) is 16.2. The highest BCUT2D eigenvalue weighted by Gasteiger charge is 2.32. The molecule has 1 saturated heterocycles. The lowest BCUT2D eigenvalue weighted by molar-refractivity contribution is 0.0235. The van der Waals surface area contributed by atoms with Crippen LogP contribution in [0.3, 0.4) is 0 Å². The molecule has 0 radical (unpaired) electrons. The molecule has 0 aromatic carbocycles. The lowest BCUT2D eigenvalue weighted by Gasteiger charge is -2.28. The number of carbonyl (C=O) groups excluding carboxylic acids is 1. The zero-order valence-corrected chi connectivity index (χ0v) is 13.9. The third-order valence-electron chi connectivity index (χ3n) is 3.61. The average Bonchev–Trinajstić information content (AvgIpc) is 2.92. The molecule has 1 N–H and O–H groups in total. The van der Waals surface area contributed by atoms with Crippen molar-refractivity contribution < 1.29 is 9.53 Å². The molecule has 1 aliphatic rings. The van der Waals surface area contributed by atoms with Crippen LogP contribution in [-0.2, 0) is 11.2 Å². The minimum Gasteiger partial charge on any atom is -0.444 e. The summed E-state index contributed by atoms with van der Waals surface area (Å²) in [6.07, 6.45) is 6.32. The standard InChI is InChI=1S/C16H26N4O2/c1-5-12-9-17-14(18-10-12)19-11-13-7-6-8-20(13)15(21)22-16(2,3)4/h9-10,13H,5-8,11H2,1-4H3,(H,17,18,19)/t13-/m0/s1. The summed E-state index contributed by atoms with van der Waals surface area (Å²) >= 11 is 0. The highest BCUT2D eigenvalue weighted by molar-refractivity contribution is 5.69. The Bertz CT molecular complexity index is 496. The molecule has 1 amide bonds. The van der Waals surface area contributed by atoms with E-state index in [9.17, 15) is 4.79 Å². The van der Waals surface area contributed by atoms with Gasteiger partial charge >= 0.3 is 6.09 Å². The summed E-state index contributed by atoms with van der Waals surface area (Å²) in [5.74, 6) is 0.605. The number of ether oxygens (including phenoxy) is 1. The van der Waals surface area contributed by atoms with Crippen LogP contribution in [-0.4, -0.2) is 45.7 Å². The first kappa shape index (κ1) is 16.5. The van der Waals surface area contributed by atoms with Crippen molar-refractivity contribution in [2.75, 3.05) is 18.4 Å². The fourth-order valence-corrected chi connectivity index (χ4v) is 2.45. The van der Waals surface area contributed by atoms with Gasteiger partial charge in [0.25, 0.3) is 0 Å². The first-order valence-corrected chi connectivity index (χ1v) is 7.93. The summed E-state index contributed by atoms with van der Waals surface area (Å²) in [6.45, 7) is 9.12. The van der Waals surface area contributed by atoms with Crippen molar-refractivity contribution in [3.63, 3.8) is 0 Å². The predicted octanol–water partition coefficient (Wildman–Crippen LogP) is 2.85. The van der Waals surface area contributed by atoms with Crippen LogP contribution in [0.5, 0.6) is 0 Å². The van der Waals surface area contributed by atoms with Gasteiger partial charge in [-0.3, -0.25) is 0 Å². The van der Waals surface area contributed by atoms with Crippen LogP contribution >= 0.6 is 0 Å². The minimum atomic E-state index is -0.462. The van der Waals surface area contributed by atoms with Crippen molar-refractivity contribution in [1.29, 1.82) is 0 Å². The highest BCUT2D eigenvalue weighted by atomic mass is 16.6. The minimum absolute atomic E-state index is 0.129. The Morgan fingerprint density at radius 1 is 1.41 bits per heavy atom. The normalized spacial score (nSPS) is 18.4. The topological polar surface area (TPSA) is 67.4 Å². The van der Waals surface area contributed by atoms with Crippen molar-refractivity contribution in [1.82, 2.24) is 14.9 Å². The number of aromatic nitrogens is 2. The van der Waals surface area contributed by atoms with Gasteiger partial charge in [0.1, 0.15) is 5.60 Å². The van der Waals surface area contributed by atoms with Crippen LogP contribution < -0.4 is 5.32 Å². The number of likely N-dealkylation sites (tertiary alicyclic amines) is 1. The molecule has 6 heteroatoms. The molecular formula is C16H26N4O2. The monoisotopic (exact) mass is 306 g/mol. The number of anilines is 1. The van der Waals surface area contributed by atoms with E-state index in [1.807, 2.05) is 33.2 Å². The van der Waals surface area contributed by atoms with E-state index in [0.29, 0.717) is 12.5 Å². The lowest BCUT2D eigenvalue weighted by atomic mass is 10.2. The van der Waals surface area contributed by atoms with Crippen molar-refractivity contribution in [2.24, 2.45) is 0 Å². The third kappa shape index (κ3) is 4.58. The molecule has 0 unspecified atom stereocenters. The van der Waals surface area contributed by atoms with Crippen LogP contribution in [0.1, 0.15) is 46.1 Å². The summed E-state index contributed by atoms with van der Waals surface area (Å²) in [5, 5.41) is 3.21. The fourth-order valence-electron chi connectivity index (χ4n) is 2.45. The molecule has 0 aliphatic carbocycles. The van der Waals surface area contributed by atoms with Gasteiger partial charge in [0.15, 0.2) is 0 Å². The quantitative estimate of drug-likeness (QED) is 0.926. The summed E-state index contributed by atoms with van der Waals surface area (Å²) in [7, 11) is 0. The van der Waals surface area contributed by atoms with Crippen molar-refractivity contribution in [2.45, 2.75) is 58.6 Å². The van der Waals surface area contributed by atoms with Gasteiger partial charge in [0.05, 0.1) is 6.04 Å². The maximum absolute atomic E-state index is 12.2. The second-order valence-corrected chi connectivity index (χ2v) is 6.62.